The Morgan fingerprint density at radius 3 is 2.39 bits per heavy atom. The molecule has 8 heteroatoms. The van der Waals surface area contributed by atoms with Gasteiger partial charge in [0.2, 0.25) is 6.79 Å². The Kier molecular flexibility index (Phi) is 10.1. The van der Waals surface area contributed by atoms with Crippen molar-refractivity contribution in [1.82, 2.24) is 15.1 Å². The van der Waals surface area contributed by atoms with E-state index < -0.39 is 0 Å². The van der Waals surface area contributed by atoms with Crippen LogP contribution in [0.25, 0.3) is 0 Å². The van der Waals surface area contributed by atoms with Gasteiger partial charge in [0.1, 0.15) is 5.76 Å². The lowest BCUT2D eigenvalue weighted by Gasteiger charge is -2.22. The van der Waals surface area contributed by atoms with Crippen LogP contribution in [0, 0.1) is 0 Å². The highest BCUT2D eigenvalue weighted by Crippen LogP contribution is 2.33. The van der Waals surface area contributed by atoms with Crippen molar-refractivity contribution in [1.29, 1.82) is 0 Å². The van der Waals surface area contributed by atoms with Crippen molar-refractivity contribution in [3.05, 3.63) is 82.3 Å². The predicted octanol–water partition coefficient (Wildman–Crippen LogP) is 6.10. The zero-order chi connectivity index (χ0) is 26.9. The molecule has 1 atom stereocenters. The van der Waals surface area contributed by atoms with E-state index in [0.717, 1.165) is 60.9 Å². The van der Waals surface area contributed by atoms with Gasteiger partial charge in [0.05, 0.1) is 6.54 Å². The van der Waals surface area contributed by atoms with Crippen LogP contribution in [0.4, 0.5) is 0 Å². The summed E-state index contributed by atoms with van der Waals surface area (Å²) in [5, 5.41) is 3.79. The van der Waals surface area contributed by atoms with E-state index in [1.54, 1.807) is 6.07 Å². The number of amides is 1. The van der Waals surface area contributed by atoms with E-state index in [2.05, 4.69) is 29.0 Å². The van der Waals surface area contributed by atoms with Crippen LogP contribution in [0.2, 0.25) is 5.02 Å². The number of carbonyl (C=O) groups excluding carboxylic acids is 1. The quantitative estimate of drug-likeness (QED) is 0.267. The Labute approximate surface area is 230 Å². The molecule has 0 fully saturated rings. The summed E-state index contributed by atoms with van der Waals surface area (Å²) >= 11 is 6.09. The van der Waals surface area contributed by atoms with Gasteiger partial charge in [0, 0.05) is 24.2 Å². The van der Waals surface area contributed by atoms with E-state index in [9.17, 15) is 4.79 Å². The second kappa shape index (κ2) is 13.7. The van der Waals surface area contributed by atoms with Crippen LogP contribution >= 0.6 is 11.6 Å². The number of hydrogen-bond acceptors (Lipinski definition) is 6. The Morgan fingerprint density at radius 1 is 0.921 bits per heavy atom. The number of carbonyl (C=O) groups is 1. The average molecular weight is 540 g/mol. The maximum absolute atomic E-state index is 12.8. The van der Waals surface area contributed by atoms with E-state index in [-0.39, 0.29) is 18.7 Å². The first-order valence-electron chi connectivity index (χ1n) is 13.4. The molecule has 2 aromatic carbocycles. The molecule has 1 unspecified atom stereocenters. The summed E-state index contributed by atoms with van der Waals surface area (Å²) < 4.78 is 17.0. The highest BCUT2D eigenvalue weighted by atomic mass is 35.5. The van der Waals surface area contributed by atoms with Crippen LogP contribution in [0.5, 0.6) is 11.5 Å². The van der Waals surface area contributed by atoms with Crippen LogP contribution in [-0.4, -0.2) is 48.2 Å². The number of furan rings is 1. The molecule has 0 aliphatic carbocycles. The minimum absolute atomic E-state index is 0.0824. The third-order valence-electron chi connectivity index (χ3n) is 6.81. The number of fused-ring (bicyclic) bond motifs is 1. The SMILES string of the molecule is CCN(CC)CCCC(C)NC(=O)c1ccc(CN(Cc2ccc(Cl)cc2)Cc2ccc3c(c2)OCO3)o1. The normalized spacial score (nSPS) is 13.3. The Morgan fingerprint density at radius 2 is 1.63 bits per heavy atom. The smallest absolute Gasteiger partial charge is 0.287 e. The number of ether oxygens (including phenoxy) is 2. The first kappa shape index (κ1) is 28.0. The standard InChI is InChI=1S/C30H38ClN3O4/c1-4-33(5-2)16-6-7-22(3)32-30(35)28-15-13-26(38-28)20-34(18-23-8-11-25(31)12-9-23)19-24-10-14-27-29(17-24)37-21-36-27/h8-15,17,22H,4-7,16,18-21H2,1-3H3,(H,32,35). The second-order valence-corrected chi connectivity index (χ2v) is 10.2. The van der Waals surface area contributed by atoms with Gasteiger partial charge < -0.3 is 24.1 Å². The summed E-state index contributed by atoms with van der Waals surface area (Å²) in [7, 11) is 0. The number of nitrogens with one attached hydrogen (secondary N) is 1. The van der Waals surface area contributed by atoms with Crippen molar-refractivity contribution in [3.8, 4) is 11.5 Å². The molecule has 1 aliphatic rings. The van der Waals surface area contributed by atoms with Crippen molar-refractivity contribution in [2.24, 2.45) is 0 Å². The maximum atomic E-state index is 12.8. The average Bonchev–Trinajstić information content (AvgIpc) is 3.57. The molecular weight excluding hydrogens is 502 g/mol. The summed E-state index contributed by atoms with van der Waals surface area (Å²) in [5.41, 5.74) is 2.24. The number of benzene rings is 2. The number of halogens is 1. The van der Waals surface area contributed by atoms with Gasteiger partial charge in [0.15, 0.2) is 17.3 Å². The molecule has 1 aromatic heterocycles. The fourth-order valence-electron chi connectivity index (χ4n) is 4.65. The summed E-state index contributed by atoms with van der Waals surface area (Å²) in [5.74, 6) is 2.43. The molecule has 1 aliphatic heterocycles. The Balaban J connectivity index is 1.38. The van der Waals surface area contributed by atoms with Gasteiger partial charge in [-0.05, 0) is 86.9 Å². The van der Waals surface area contributed by atoms with Gasteiger partial charge in [-0.3, -0.25) is 9.69 Å². The zero-order valence-electron chi connectivity index (χ0n) is 22.5. The molecule has 38 heavy (non-hydrogen) atoms. The molecule has 0 spiro atoms. The van der Waals surface area contributed by atoms with Gasteiger partial charge in [-0.15, -0.1) is 0 Å². The fraction of sp³-hybridized carbons (Fsp3) is 0.433. The summed E-state index contributed by atoms with van der Waals surface area (Å²) in [6.07, 6.45) is 1.98. The van der Waals surface area contributed by atoms with Crippen molar-refractivity contribution in [2.75, 3.05) is 26.4 Å². The Bertz CT molecular complexity index is 1180. The third-order valence-corrected chi connectivity index (χ3v) is 7.06. The minimum atomic E-state index is -0.174. The second-order valence-electron chi connectivity index (χ2n) is 9.77. The van der Waals surface area contributed by atoms with Crippen molar-refractivity contribution in [2.45, 2.75) is 59.3 Å². The highest BCUT2D eigenvalue weighted by molar-refractivity contribution is 6.30. The largest absolute Gasteiger partial charge is 0.455 e. The zero-order valence-corrected chi connectivity index (χ0v) is 23.3. The van der Waals surface area contributed by atoms with Gasteiger partial charge in [-0.25, -0.2) is 0 Å². The molecule has 0 saturated heterocycles. The topological polar surface area (TPSA) is 67.2 Å². The lowest BCUT2D eigenvalue weighted by atomic mass is 10.1. The molecule has 1 amide bonds. The molecule has 3 aromatic rings. The van der Waals surface area contributed by atoms with E-state index in [1.165, 1.54) is 0 Å². The van der Waals surface area contributed by atoms with Crippen molar-refractivity contribution < 1.29 is 18.7 Å². The fourth-order valence-corrected chi connectivity index (χ4v) is 4.77. The number of hydrogen-bond donors (Lipinski definition) is 1. The van der Waals surface area contributed by atoms with E-state index in [4.69, 9.17) is 25.5 Å². The molecule has 4 rings (SSSR count). The molecule has 7 nitrogen and oxygen atoms in total. The van der Waals surface area contributed by atoms with E-state index in [1.807, 2.05) is 55.5 Å². The van der Waals surface area contributed by atoms with Crippen LogP contribution in [0.3, 0.4) is 0 Å². The molecule has 2 heterocycles. The molecule has 0 bridgehead atoms. The third kappa shape index (κ3) is 8.00. The van der Waals surface area contributed by atoms with E-state index in [0.29, 0.717) is 30.4 Å². The van der Waals surface area contributed by atoms with Crippen molar-refractivity contribution in [3.63, 3.8) is 0 Å². The predicted molar refractivity (Wildman–Crippen MR) is 150 cm³/mol. The van der Waals surface area contributed by atoms with Crippen LogP contribution in [0.1, 0.15) is 61.1 Å². The summed E-state index contributed by atoms with van der Waals surface area (Å²) in [4.78, 5) is 17.5. The molecule has 0 radical (unpaired) electrons. The molecule has 0 saturated carbocycles. The Hall–Kier alpha value is -3.00. The van der Waals surface area contributed by atoms with Gasteiger partial charge in [-0.2, -0.15) is 0 Å². The molecule has 204 valence electrons. The van der Waals surface area contributed by atoms with Gasteiger partial charge >= 0.3 is 0 Å². The number of rotatable bonds is 14. The van der Waals surface area contributed by atoms with Crippen LogP contribution in [0.15, 0.2) is 59.0 Å². The van der Waals surface area contributed by atoms with Gasteiger partial charge in [0.25, 0.3) is 5.91 Å². The first-order valence-corrected chi connectivity index (χ1v) is 13.8. The lowest BCUT2D eigenvalue weighted by molar-refractivity contribution is 0.0904. The summed E-state index contributed by atoms with van der Waals surface area (Å²) in [6, 6.07) is 17.6. The lowest BCUT2D eigenvalue weighted by Crippen LogP contribution is -2.33. The first-order chi connectivity index (χ1) is 18.4. The van der Waals surface area contributed by atoms with Crippen LogP contribution in [-0.2, 0) is 19.6 Å². The highest BCUT2D eigenvalue weighted by Gasteiger charge is 2.18. The maximum Gasteiger partial charge on any atom is 0.287 e. The number of nitrogens with zero attached hydrogens (tertiary/aromatic N) is 2. The van der Waals surface area contributed by atoms with Crippen molar-refractivity contribution >= 4 is 17.5 Å². The van der Waals surface area contributed by atoms with E-state index >= 15 is 0 Å². The monoisotopic (exact) mass is 539 g/mol. The molecular formula is C30H38ClN3O4. The van der Waals surface area contributed by atoms with Crippen LogP contribution < -0.4 is 14.8 Å². The minimum Gasteiger partial charge on any atom is -0.455 e. The molecule has 1 N–H and O–H groups in total. The summed E-state index contributed by atoms with van der Waals surface area (Å²) in [6.45, 7) is 11.7. The van der Waals surface area contributed by atoms with Gasteiger partial charge in [-0.1, -0.05) is 43.6 Å².